The highest BCUT2D eigenvalue weighted by molar-refractivity contribution is 5.99. The maximum absolute atomic E-state index is 12.8. The minimum atomic E-state index is -0.486. The van der Waals surface area contributed by atoms with Gasteiger partial charge in [-0.2, -0.15) is 0 Å². The number of hydrogen-bond donors (Lipinski definition) is 1. The van der Waals surface area contributed by atoms with Crippen LogP contribution >= 0.6 is 12.4 Å². The molecule has 0 saturated heterocycles. The van der Waals surface area contributed by atoms with E-state index in [1.807, 2.05) is 6.07 Å². The maximum Gasteiger partial charge on any atom is 0.249 e. The lowest BCUT2D eigenvalue weighted by Gasteiger charge is -2.06. The molecule has 2 rings (SSSR count). The second kappa shape index (κ2) is 5.46. The Morgan fingerprint density at radius 1 is 1.00 bits per heavy atom. The van der Waals surface area contributed by atoms with Gasteiger partial charge in [-0.15, -0.1) is 12.4 Å². The average molecular weight is 252 g/mol. The van der Waals surface area contributed by atoms with E-state index in [2.05, 4.69) is 0 Å². The zero-order chi connectivity index (χ0) is 11.5. The minimum Gasteiger partial charge on any atom is -0.366 e. The fourth-order valence-electron chi connectivity index (χ4n) is 1.58. The van der Waals surface area contributed by atoms with Crippen LogP contribution in [-0.4, -0.2) is 5.91 Å². The molecule has 4 heteroatoms. The van der Waals surface area contributed by atoms with Crippen LogP contribution in [0, 0.1) is 5.82 Å². The van der Waals surface area contributed by atoms with Crippen molar-refractivity contribution in [1.82, 2.24) is 0 Å². The van der Waals surface area contributed by atoms with Gasteiger partial charge in [0.15, 0.2) is 0 Å². The van der Waals surface area contributed by atoms with Gasteiger partial charge in [-0.3, -0.25) is 4.79 Å². The lowest BCUT2D eigenvalue weighted by atomic mass is 9.99. The molecule has 1 amide bonds. The molecule has 2 aromatic carbocycles. The highest BCUT2D eigenvalue weighted by Gasteiger charge is 2.08. The normalized spacial score (nSPS) is 9.47. The van der Waals surface area contributed by atoms with Crippen molar-refractivity contribution in [3.05, 3.63) is 59.9 Å². The predicted octanol–water partition coefficient (Wildman–Crippen LogP) is 3.01. The fraction of sp³-hybridized carbons (Fsp3) is 0. The van der Waals surface area contributed by atoms with Crippen LogP contribution in [0.5, 0.6) is 0 Å². The van der Waals surface area contributed by atoms with Crippen LogP contribution in [0.25, 0.3) is 11.1 Å². The summed E-state index contributed by atoms with van der Waals surface area (Å²) in [6.45, 7) is 0. The highest BCUT2D eigenvalue weighted by atomic mass is 35.5. The van der Waals surface area contributed by atoms with Crippen molar-refractivity contribution in [2.24, 2.45) is 5.73 Å². The van der Waals surface area contributed by atoms with Gasteiger partial charge < -0.3 is 5.73 Å². The zero-order valence-electron chi connectivity index (χ0n) is 8.89. The lowest BCUT2D eigenvalue weighted by molar-refractivity contribution is 0.100. The molecule has 0 aromatic heterocycles. The third-order valence-electron chi connectivity index (χ3n) is 2.35. The molecule has 0 aliphatic carbocycles. The van der Waals surface area contributed by atoms with Crippen LogP contribution in [0.4, 0.5) is 4.39 Å². The van der Waals surface area contributed by atoms with E-state index in [9.17, 15) is 9.18 Å². The summed E-state index contributed by atoms with van der Waals surface area (Å²) in [6.07, 6.45) is 0. The van der Waals surface area contributed by atoms with Crippen molar-refractivity contribution in [1.29, 1.82) is 0 Å². The third-order valence-corrected chi connectivity index (χ3v) is 2.35. The standard InChI is InChI=1S/C13H10FNO.ClH/c14-10-7-5-9(6-8-10)11-3-1-2-4-12(11)13(15)16;/h1-8H,(H2,15,16);1H. The van der Waals surface area contributed by atoms with Crippen LogP contribution in [-0.2, 0) is 0 Å². The minimum absolute atomic E-state index is 0. The molecule has 0 heterocycles. The lowest BCUT2D eigenvalue weighted by Crippen LogP contribution is -2.12. The first-order valence-corrected chi connectivity index (χ1v) is 4.83. The van der Waals surface area contributed by atoms with Gasteiger partial charge in [-0.05, 0) is 29.3 Å². The Bertz CT molecular complexity index is 525. The molecular formula is C13H11ClFNO. The number of amides is 1. The summed E-state index contributed by atoms with van der Waals surface area (Å²) < 4.78 is 12.8. The van der Waals surface area contributed by atoms with Crippen molar-refractivity contribution < 1.29 is 9.18 Å². The highest BCUT2D eigenvalue weighted by Crippen LogP contribution is 2.23. The molecule has 0 radical (unpaired) electrons. The quantitative estimate of drug-likeness (QED) is 0.876. The third kappa shape index (κ3) is 2.82. The van der Waals surface area contributed by atoms with Gasteiger partial charge in [0.2, 0.25) is 5.91 Å². The summed E-state index contributed by atoms with van der Waals surface area (Å²) in [7, 11) is 0. The summed E-state index contributed by atoms with van der Waals surface area (Å²) in [4.78, 5) is 11.2. The first-order chi connectivity index (χ1) is 7.68. The maximum atomic E-state index is 12.8. The van der Waals surface area contributed by atoms with Gasteiger partial charge >= 0.3 is 0 Å². The Balaban J connectivity index is 0.00000144. The van der Waals surface area contributed by atoms with Crippen molar-refractivity contribution in [3.8, 4) is 11.1 Å². The molecule has 0 atom stereocenters. The molecule has 0 aliphatic heterocycles. The van der Waals surface area contributed by atoms with Crippen molar-refractivity contribution >= 4 is 18.3 Å². The first-order valence-electron chi connectivity index (χ1n) is 4.83. The van der Waals surface area contributed by atoms with E-state index in [-0.39, 0.29) is 18.2 Å². The van der Waals surface area contributed by atoms with Crippen LogP contribution in [0.3, 0.4) is 0 Å². The molecule has 0 unspecified atom stereocenters. The molecule has 17 heavy (non-hydrogen) atoms. The molecule has 0 spiro atoms. The van der Waals surface area contributed by atoms with E-state index in [0.29, 0.717) is 5.56 Å². The Labute approximate surface area is 105 Å². The van der Waals surface area contributed by atoms with E-state index in [1.165, 1.54) is 12.1 Å². The van der Waals surface area contributed by atoms with Gasteiger partial charge in [0.25, 0.3) is 0 Å². The molecule has 0 saturated carbocycles. The number of hydrogen-bond acceptors (Lipinski definition) is 1. The average Bonchev–Trinajstić information content (AvgIpc) is 2.30. The molecular weight excluding hydrogens is 241 g/mol. The first kappa shape index (κ1) is 13.2. The van der Waals surface area contributed by atoms with E-state index in [4.69, 9.17) is 5.73 Å². The second-order valence-corrected chi connectivity index (χ2v) is 3.42. The molecule has 88 valence electrons. The van der Waals surface area contributed by atoms with Crippen LogP contribution in [0.1, 0.15) is 10.4 Å². The predicted molar refractivity (Wildman–Crippen MR) is 67.6 cm³/mol. The zero-order valence-corrected chi connectivity index (χ0v) is 9.71. The summed E-state index contributed by atoms with van der Waals surface area (Å²) in [5, 5.41) is 0. The molecule has 0 bridgehead atoms. The Hall–Kier alpha value is -1.87. The monoisotopic (exact) mass is 251 g/mol. The van der Waals surface area contributed by atoms with Gasteiger partial charge in [0.05, 0.1) is 0 Å². The Morgan fingerprint density at radius 2 is 1.59 bits per heavy atom. The molecule has 2 nitrogen and oxygen atoms in total. The number of rotatable bonds is 2. The SMILES string of the molecule is Cl.NC(=O)c1ccccc1-c1ccc(F)cc1. The Morgan fingerprint density at radius 3 is 2.18 bits per heavy atom. The van der Waals surface area contributed by atoms with Crippen LogP contribution in [0.15, 0.2) is 48.5 Å². The summed E-state index contributed by atoms with van der Waals surface area (Å²) >= 11 is 0. The smallest absolute Gasteiger partial charge is 0.249 e. The largest absolute Gasteiger partial charge is 0.366 e. The van der Waals surface area contributed by atoms with Gasteiger partial charge in [0, 0.05) is 5.56 Å². The number of carbonyl (C=O) groups excluding carboxylic acids is 1. The fourth-order valence-corrected chi connectivity index (χ4v) is 1.58. The van der Waals surface area contributed by atoms with E-state index < -0.39 is 5.91 Å². The summed E-state index contributed by atoms with van der Waals surface area (Å²) in [6, 6.07) is 12.9. The van der Waals surface area contributed by atoms with Gasteiger partial charge in [-0.1, -0.05) is 30.3 Å². The molecule has 0 fully saturated rings. The van der Waals surface area contributed by atoms with Crippen molar-refractivity contribution in [2.75, 3.05) is 0 Å². The second-order valence-electron chi connectivity index (χ2n) is 3.42. The topological polar surface area (TPSA) is 43.1 Å². The van der Waals surface area contributed by atoms with Crippen LogP contribution < -0.4 is 5.73 Å². The number of nitrogens with two attached hydrogens (primary N) is 1. The van der Waals surface area contributed by atoms with Crippen molar-refractivity contribution in [3.63, 3.8) is 0 Å². The van der Waals surface area contributed by atoms with E-state index >= 15 is 0 Å². The summed E-state index contributed by atoms with van der Waals surface area (Å²) in [5.41, 5.74) is 7.20. The Kier molecular flexibility index (Phi) is 4.24. The molecule has 2 aromatic rings. The number of halogens is 2. The number of benzene rings is 2. The number of primary amides is 1. The summed E-state index contributed by atoms with van der Waals surface area (Å²) in [5.74, 6) is -0.791. The van der Waals surface area contributed by atoms with E-state index in [1.54, 1.807) is 30.3 Å². The number of carbonyl (C=O) groups is 1. The van der Waals surface area contributed by atoms with Gasteiger partial charge in [-0.25, -0.2) is 4.39 Å². The van der Waals surface area contributed by atoms with E-state index in [0.717, 1.165) is 11.1 Å². The van der Waals surface area contributed by atoms with Gasteiger partial charge in [0.1, 0.15) is 5.82 Å². The van der Waals surface area contributed by atoms with Crippen LogP contribution in [0.2, 0.25) is 0 Å². The molecule has 0 aliphatic rings. The van der Waals surface area contributed by atoms with Crippen molar-refractivity contribution in [2.45, 2.75) is 0 Å². The molecule has 2 N–H and O–H groups in total.